The monoisotopic (exact) mass is 639 g/mol. The van der Waals surface area contributed by atoms with Gasteiger partial charge in [-0.25, -0.2) is 13.2 Å². The Morgan fingerprint density at radius 1 is 0.822 bits per heavy atom. The zero-order valence-electron chi connectivity index (χ0n) is 26.3. The summed E-state index contributed by atoms with van der Waals surface area (Å²) >= 11 is 0. The average Bonchev–Trinajstić information content (AvgIpc) is 3.04. The van der Waals surface area contributed by atoms with Gasteiger partial charge in [0.15, 0.2) is 0 Å². The van der Waals surface area contributed by atoms with Gasteiger partial charge in [-0.15, -0.1) is 0 Å². The van der Waals surface area contributed by atoms with Crippen LogP contribution >= 0.6 is 0 Å². The van der Waals surface area contributed by atoms with E-state index in [-0.39, 0.29) is 30.1 Å². The summed E-state index contributed by atoms with van der Waals surface area (Å²) in [6, 6.07) is 22.6. The quantitative estimate of drug-likeness (QED) is 0.184. The summed E-state index contributed by atoms with van der Waals surface area (Å²) in [4.78, 5) is 26.2. The number of aliphatic hydroxyl groups excluding tert-OH is 2. The van der Waals surface area contributed by atoms with Crippen LogP contribution in [0.15, 0.2) is 89.8 Å². The largest absolute Gasteiger partial charge is 0.453 e. The lowest BCUT2D eigenvalue weighted by Crippen LogP contribution is -2.52. The van der Waals surface area contributed by atoms with Crippen molar-refractivity contribution in [2.24, 2.45) is 0 Å². The molecule has 0 unspecified atom stereocenters. The van der Waals surface area contributed by atoms with Crippen molar-refractivity contribution in [2.75, 3.05) is 13.7 Å². The summed E-state index contributed by atoms with van der Waals surface area (Å²) in [5.74, 6) is -0.879. The van der Waals surface area contributed by atoms with E-state index in [4.69, 9.17) is 4.74 Å². The number of hydrogen-bond donors (Lipinski definition) is 4. The first-order chi connectivity index (χ1) is 21.5. The third-order valence-corrected chi connectivity index (χ3v) is 9.86. The Morgan fingerprint density at radius 3 is 1.84 bits per heavy atom. The molecule has 3 aromatic carbocycles. The van der Waals surface area contributed by atoms with E-state index in [9.17, 15) is 28.2 Å². The van der Waals surface area contributed by atoms with Gasteiger partial charge in [0, 0.05) is 24.0 Å². The molecule has 2 amide bonds. The summed E-state index contributed by atoms with van der Waals surface area (Å²) in [5, 5.41) is 25.3. The van der Waals surface area contributed by atoms with E-state index in [0.717, 1.165) is 11.1 Å². The van der Waals surface area contributed by atoms with E-state index in [0.29, 0.717) is 24.8 Å². The van der Waals surface area contributed by atoms with Gasteiger partial charge in [0.05, 0.1) is 25.2 Å². The highest BCUT2D eigenvalue weighted by atomic mass is 32.2. The van der Waals surface area contributed by atoms with Gasteiger partial charge in [-0.05, 0) is 68.9 Å². The van der Waals surface area contributed by atoms with Crippen molar-refractivity contribution >= 4 is 22.0 Å². The van der Waals surface area contributed by atoms with Crippen molar-refractivity contribution in [1.29, 1.82) is 0 Å². The molecule has 11 heteroatoms. The predicted octanol–water partition coefficient (Wildman–Crippen LogP) is 4.17. The van der Waals surface area contributed by atoms with Crippen molar-refractivity contribution in [3.05, 3.63) is 102 Å². The standard InChI is InChI=1S/C34H45N3O7S/c1-24(2)37(45(42,43)30-20-18-26(22-38)19-21-30)29(23-39)17-11-12-25(3)35-33(40)32(36-34(41)44-4)31(27-13-7-5-8-14-27)28-15-9-6-10-16-28/h5-10,13-16,18-21,24-25,29,31-32,38-39H,11-12,17,22-23H2,1-4H3,(H,35,40)(H,36,41)/t25-,29-,32-/m0/s1. The van der Waals surface area contributed by atoms with Crippen molar-refractivity contribution in [3.8, 4) is 0 Å². The molecule has 3 rings (SSSR count). The molecule has 0 fully saturated rings. The van der Waals surface area contributed by atoms with Crippen LogP contribution in [0.3, 0.4) is 0 Å². The van der Waals surface area contributed by atoms with Gasteiger partial charge in [-0.1, -0.05) is 72.8 Å². The number of rotatable bonds is 16. The van der Waals surface area contributed by atoms with Crippen LogP contribution in [0.2, 0.25) is 0 Å². The summed E-state index contributed by atoms with van der Waals surface area (Å²) in [6.45, 7) is 4.81. The Labute approximate surface area is 266 Å². The Balaban J connectivity index is 1.74. The van der Waals surface area contributed by atoms with E-state index >= 15 is 0 Å². The lowest BCUT2D eigenvalue weighted by molar-refractivity contribution is -0.124. The number of aliphatic hydroxyl groups is 2. The first-order valence-electron chi connectivity index (χ1n) is 15.1. The van der Waals surface area contributed by atoms with Crippen LogP contribution in [-0.2, 0) is 26.2 Å². The fraction of sp³-hybridized carbons (Fsp3) is 0.412. The highest BCUT2D eigenvalue weighted by Gasteiger charge is 2.35. The molecule has 244 valence electrons. The molecule has 3 atom stereocenters. The molecule has 0 saturated heterocycles. The van der Waals surface area contributed by atoms with Crippen molar-refractivity contribution in [1.82, 2.24) is 14.9 Å². The van der Waals surface area contributed by atoms with E-state index < -0.39 is 40.2 Å². The number of nitrogens with zero attached hydrogens (tertiary/aromatic N) is 1. The van der Waals surface area contributed by atoms with Gasteiger partial charge in [0.1, 0.15) is 6.04 Å². The minimum Gasteiger partial charge on any atom is -0.453 e. The second-order valence-corrected chi connectivity index (χ2v) is 13.2. The summed E-state index contributed by atoms with van der Waals surface area (Å²) in [5.41, 5.74) is 2.29. The van der Waals surface area contributed by atoms with Crippen molar-refractivity contribution < 1.29 is 33.0 Å². The highest BCUT2D eigenvalue weighted by Crippen LogP contribution is 2.29. The average molecular weight is 640 g/mol. The molecule has 0 aromatic heterocycles. The minimum atomic E-state index is -3.92. The Kier molecular flexibility index (Phi) is 13.5. The summed E-state index contributed by atoms with van der Waals surface area (Å²) in [6.07, 6.45) is 0.659. The molecule has 4 N–H and O–H groups in total. The molecular formula is C34H45N3O7S. The molecule has 0 bridgehead atoms. The molecule has 0 radical (unpaired) electrons. The van der Waals surface area contributed by atoms with Crippen LogP contribution in [0.4, 0.5) is 4.79 Å². The molecule has 0 aliphatic heterocycles. The maximum absolute atomic E-state index is 13.8. The lowest BCUT2D eigenvalue weighted by Gasteiger charge is -2.33. The summed E-state index contributed by atoms with van der Waals surface area (Å²) < 4.78 is 33.3. The number of alkyl carbamates (subject to hydrolysis) is 1. The molecule has 0 heterocycles. The summed E-state index contributed by atoms with van der Waals surface area (Å²) in [7, 11) is -2.68. The molecule has 0 aliphatic rings. The topological polar surface area (TPSA) is 145 Å². The van der Waals surface area contributed by atoms with E-state index in [1.807, 2.05) is 67.6 Å². The van der Waals surface area contributed by atoms with E-state index in [1.54, 1.807) is 26.0 Å². The second-order valence-electron chi connectivity index (χ2n) is 11.3. The second kappa shape index (κ2) is 17.1. The van der Waals surface area contributed by atoms with Gasteiger partial charge < -0.3 is 25.6 Å². The van der Waals surface area contributed by atoms with Gasteiger partial charge >= 0.3 is 6.09 Å². The number of amides is 2. The maximum atomic E-state index is 13.8. The number of methoxy groups -OCH3 is 1. The van der Waals surface area contributed by atoms with E-state index in [1.165, 1.54) is 23.5 Å². The van der Waals surface area contributed by atoms with Gasteiger partial charge in [-0.2, -0.15) is 4.31 Å². The van der Waals surface area contributed by atoms with Crippen LogP contribution in [0.25, 0.3) is 0 Å². The number of benzene rings is 3. The van der Waals surface area contributed by atoms with Crippen molar-refractivity contribution in [2.45, 2.75) is 81.6 Å². The van der Waals surface area contributed by atoms with E-state index in [2.05, 4.69) is 10.6 Å². The van der Waals surface area contributed by atoms with Gasteiger partial charge in [0.25, 0.3) is 0 Å². The third-order valence-electron chi connectivity index (χ3n) is 7.72. The molecule has 0 saturated carbocycles. The number of sulfonamides is 1. The van der Waals surface area contributed by atoms with Gasteiger partial charge in [-0.3, -0.25) is 4.79 Å². The van der Waals surface area contributed by atoms with Crippen LogP contribution in [-0.4, -0.2) is 72.8 Å². The van der Waals surface area contributed by atoms with Crippen LogP contribution in [0, 0.1) is 0 Å². The number of ether oxygens (including phenoxy) is 1. The molecule has 3 aromatic rings. The van der Waals surface area contributed by atoms with Crippen molar-refractivity contribution in [3.63, 3.8) is 0 Å². The first-order valence-corrected chi connectivity index (χ1v) is 16.6. The number of carbonyl (C=O) groups is 2. The molecule has 0 spiro atoms. The smallest absolute Gasteiger partial charge is 0.407 e. The zero-order valence-corrected chi connectivity index (χ0v) is 27.1. The number of nitrogens with one attached hydrogen (secondary N) is 2. The SMILES string of the molecule is COC(=O)N[C@H](C(=O)N[C@@H](C)CCC[C@@H](CO)N(C(C)C)S(=O)(=O)c1ccc(CO)cc1)C(c1ccccc1)c1ccccc1. The molecule has 10 nitrogen and oxygen atoms in total. The van der Waals surface area contributed by atoms with Gasteiger partial charge in [0.2, 0.25) is 15.9 Å². The van der Waals surface area contributed by atoms with Crippen LogP contribution < -0.4 is 10.6 Å². The van der Waals surface area contributed by atoms with Crippen LogP contribution in [0.1, 0.15) is 62.6 Å². The van der Waals surface area contributed by atoms with Crippen LogP contribution in [0.5, 0.6) is 0 Å². The molecule has 0 aliphatic carbocycles. The minimum absolute atomic E-state index is 0.0861. The predicted molar refractivity (Wildman–Crippen MR) is 173 cm³/mol. The lowest BCUT2D eigenvalue weighted by atomic mass is 9.84. The Hall–Kier alpha value is -3.77. The number of hydrogen-bond acceptors (Lipinski definition) is 7. The fourth-order valence-electron chi connectivity index (χ4n) is 5.53. The Morgan fingerprint density at radius 2 is 1.38 bits per heavy atom. The highest BCUT2D eigenvalue weighted by molar-refractivity contribution is 7.89. The Bertz CT molecular complexity index is 1410. The molecular weight excluding hydrogens is 594 g/mol. The number of carbonyl (C=O) groups excluding carboxylic acids is 2. The first kappa shape index (κ1) is 35.7. The normalized spacial score (nSPS) is 13.8. The molecule has 45 heavy (non-hydrogen) atoms. The maximum Gasteiger partial charge on any atom is 0.407 e. The third kappa shape index (κ3) is 9.61. The zero-order chi connectivity index (χ0) is 33.0. The fourth-order valence-corrected chi connectivity index (χ4v) is 7.37.